The lowest BCUT2D eigenvalue weighted by Crippen LogP contribution is -2.47. The van der Waals surface area contributed by atoms with E-state index in [4.69, 9.17) is 26.6 Å². The maximum absolute atomic E-state index is 12.2. The number of unbranched alkanes of at least 4 members (excludes halogenated alkanes) is 6. The van der Waals surface area contributed by atoms with Crippen LogP contribution in [0.1, 0.15) is 104 Å². The number of rotatable bonds is 24. The SMILES string of the molecule is CCC(CCCCCCC(=O)CCCCCCC(CC)[Si](OC)(OC)OC)[Si](OC)(OC)OC. The second kappa shape index (κ2) is 20.0. The molecule has 0 aliphatic heterocycles. The molecule has 0 heterocycles. The van der Waals surface area contributed by atoms with Crippen LogP contribution >= 0.6 is 0 Å². The molecule has 7 nitrogen and oxygen atoms in total. The Balaban J connectivity index is 3.95. The molecule has 204 valence electrons. The van der Waals surface area contributed by atoms with Crippen LogP contribution in [0.4, 0.5) is 0 Å². The van der Waals surface area contributed by atoms with Gasteiger partial charge in [-0.05, 0) is 38.5 Å². The van der Waals surface area contributed by atoms with Crippen LogP contribution in [-0.4, -0.2) is 66.1 Å². The number of carbonyl (C=O) groups is 1. The molecule has 0 aliphatic carbocycles. The van der Waals surface area contributed by atoms with Crippen molar-refractivity contribution < 1.29 is 31.4 Å². The van der Waals surface area contributed by atoms with E-state index in [-0.39, 0.29) is 0 Å². The zero-order valence-corrected chi connectivity index (χ0v) is 25.4. The Morgan fingerprint density at radius 3 is 1.09 bits per heavy atom. The van der Waals surface area contributed by atoms with Crippen molar-refractivity contribution in [3.05, 3.63) is 0 Å². The topological polar surface area (TPSA) is 72.5 Å². The standard InChI is InChI=1S/C25H54O7Si2/c1-9-24(33(27-3,28-4)29-5)21-17-13-11-15-19-23(26)20-16-12-14-18-22-25(10-2)34(30-6,31-7)32-8/h24-25H,9-22H2,1-8H3. The van der Waals surface area contributed by atoms with E-state index in [0.717, 1.165) is 77.0 Å². The second-order valence-electron chi connectivity index (χ2n) is 9.09. The number of Topliss-reactive ketones (excluding diaryl/α,β-unsaturated/α-hetero) is 1. The van der Waals surface area contributed by atoms with Gasteiger partial charge in [0.15, 0.2) is 0 Å². The van der Waals surface area contributed by atoms with Crippen LogP contribution in [0.5, 0.6) is 0 Å². The highest BCUT2D eigenvalue weighted by Crippen LogP contribution is 2.33. The van der Waals surface area contributed by atoms with E-state index >= 15 is 0 Å². The fourth-order valence-corrected chi connectivity index (χ4v) is 10.1. The van der Waals surface area contributed by atoms with Crippen LogP contribution in [0.2, 0.25) is 11.1 Å². The first-order valence-corrected chi connectivity index (χ1v) is 16.8. The molecule has 0 N–H and O–H groups in total. The fourth-order valence-electron chi connectivity index (χ4n) is 5.02. The van der Waals surface area contributed by atoms with Crippen molar-refractivity contribution in [2.75, 3.05) is 42.7 Å². The zero-order valence-electron chi connectivity index (χ0n) is 23.4. The van der Waals surface area contributed by atoms with E-state index in [1.165, 1.54) is 0 Å². The quantitative estimate of drug-likeness (QED) is 0.105. The van der Waals surface area contributed by atoms with Gasteiger partial charge in [-0.15, -0.1) is 0 Å². The molecule has 2 unspecified atom stereocenters. The van der Waals surface area contributed by atoms with Gasteiger partial charge in [-0.2, -0.15) is 0 Å². The van der Waals surface area contributed by atoms with Crippen molar-refractivity contribution >= 4 is 23.4 Å². The summed E-state index contributed by atoms with van der Waals surface area (Å²) < 4.78 is 33.9. The normalized spacial score (nSPS) is 14.4. The second-order valence-corrected chi connectivity index (χ2v) is 15.6. The van der Waals surface area contributed by atoms with Gasteiger partial charge in [-0.1, -0.05) is 52.4 Å². The van der Waals surface area contributed by atoms with Crippen LogP contribution in [0, 0.1) is 0 Å². The van der Waals surface area contributed by atoms with Gasteiger partial charge in [0.25, 0.3) is 0 Å². The van der Waals surface area contributed by atoms with Crippen molar-refractivity contribution in [3.63, 3.8) is 0 Å². The summed E-state index contributed by atoms with van der Waals surface area (Å²) in [5.41, 5.74) is 0.665. The van der Waals surface area contributed by atoms with Gasteiger partial charge in [0.05, 0.1) is 0 Å². The van der Waals surface area contributed by atoms with Gasteiger partial charge in [0.1, 0.15) is 5.78 Å². The summed E-state index contributed by atoms with van der Waals surface area (Å²) in [6.45, 7) is 4.33. The largest absolute Gasteiger partial charge is 0.503 e. The van der Waals surface area contributed by atoms with Crippen LogP contribution in [0.15, 0.2) is 0 Å². The van der Waals surface area contributed by atoms with E-state index < -0.39 is 17.6 Å². The summed E-state index contributed by atoms with van der Waals surface area (Å²) in [5, 5.41) is 0. The summed E-state index contributed by atoms with van der Waals surface area (Å²) in [7, 11) is 5.01. The highest BCUT2D eigenvalue weighted by molar-refractivity contribution is 6.62. The predicted octanol–water partition coefficient (Wildman–Crippen LogP) is 6.55. The van der Waals surface area contributed by atoms with Gasteiger partial charge in [-0.25, -0.2) is 0 Å². The Bertz CT molecular complexity index is 441. The Kier molecular flexibility index (Phi) is 19.9. The summed E-state index contributed by atoms with van der Waals surface area (Å²) in [6, 6.07) is 0. The molecular weight excluding hydrogens is 468 g/mol. The van der Waals surface area contributed by atoms with Crippen molar-refractivity contribution in [2.45, 2.75) is 115 Å². The van der Waals surface area contributed by atoms with Gasteiger partial charge in [-0.3, -0.25) is 4.79 Å². The van der Waals surface area contributed by atoms with E-state index in [0.29, 0.717) is 29.7 Å². The molecule has 2 atom stereocenters. The average molecular weight is 523 g/mol. The maximum atomic E-state index is 12.2. The predicted molar refractivity (Wildman–Crippen MR) is 142 cm³/mol. The molecule has 34 heavy (non-hydrogen) atoms. The van der Waals surface area contributed by atoms with Crippen LogP contribution in [0.3, 0.4) is 0 Å². The molecule has 0 saturated carbocycles. The summed E-state index contributed by atoms with van der Waals surface area (Å²) in [5.74, 6) is 0.409. The first kappa shape index (κ1) is 33.9. The Labute approximate surface area is 212 Å². The first-order chi connectivity index (χ1) is 16.4. The van der Waals surface area contributed by atoms with Gasteiger partial charge >= 0.3 is 17.6 Å². The third-order valence-electron chi connectivity index (χ3n) is 7.21. The fraction of sp³-hybridized carbons (Fsp3) is 0.960. The molecule has 0 aromatic carbocycles. The van der Waals surface area contributed by atoms with Crippen molar-refractivity contribution in [2.24, 2.45) is 0 Å². The van der Waals surface area contributed by atoms with Gasteiger partial charge in [0.2, 0.25) is 0 Å². The number of hydrogen-bond acceptors (Lipinski definition) is 7. The Morgan fingerprint density at radius 1 is 0.529 bits per heavy atom. The minimum absolute atomic E-state index is 0.332. The molecular formula is C25H54O7Si2. The molecule has 0 aromatic rings. The zero-order chi connectivity index (χ0) is 25.9. The van der Waals surface area contributed by atoms with Crippen LogP contribution in [0.25, 0.3) is 0 Å². The maximum Gasteiger partial charge on any atom is 0.503 e. The average Bonchev–Trinajstić information content (AvgIpc) is 2.87. The van der Waals surface area contributed by atoms with E-state index in [9.17, 15) is 4.79 Å². The number of ketones is 1. The minimum atomic E-state index is -2.55. The summed E-state index contributed by atoms with van der Waals surface area (Å²) in [6.07, 6.45) is 14.2. The minimum Gasteiger partial charge on any atom is -0.377 e. The summed E-state index contributed by atoms with van der Waals surface area (Å²) in [4.78, 5) is 12.2. The van der Waals surface area contributed by atoms with Gasteiger partial charge < -0.3 is 26.6 Å². The monoisotopic (exact) mass is 522 g/mol. The van der Waals surface area contributed by atoms with Gasteiger partial charge in [0, 0.05) is 66.6 Å². The molecule has 0 fully saturated rings. The molecule has 0 aliphatic rings. The molecule has 0 radical (unpaired) electrons. The van der Waals surface area contributed by atoms with E-state index in [2.05, 4.69) is 13.8 Å². The molecule has 0 bridgehead atoms. The van der Waals surface area contributed by atoms with Crippen LogP contribution in [-0.2, 0) is 31.4 Å². The van der Waals surface area contributed by atoms with Crippen molar-refractivity contribution in [3.8, 4) is 0 Å². The van der Waals surface area contributed by atoms with Crippen molar-refractivity contribution in [1.82, 2.24) is 0 Å². The molecule has 9 heteroatoms. The highest BCUT2D eigenvalue weighted by atomic mass is 28.4. The lowest BCUT2D eigenvalue weighted by Gasteiger charge is -2.31. The molecule has 0 spiro atoms. The molecule has 0 saturated heterocycles. The molecule has 0 aromatic heterocycles. The first-order valence-electron chi connectivity index (χ1n) is 13.2. The molecule has 0 rings (SSSR count). The third kappa shape index (κ3) is 11.3. The lowest BCUT2D eigenvalue weighted by atomic mass is 10.0. The Morgan fingerprint density at radius 2 is 0.824 bits per heavy atom. The Hall–Kier alpha value is -0.136. The smallest absolute Gasteiger partial charge is 0.377 e. The third-order valence-corrected chi connectivity index (χ3v) is 14.0. The number of carbonyl (C=O) groups excluding carboxylic acids is 1. The van der Waals surface area contributed by atoms with E-state index in [1.807, 2.05) is 0 Å². The number of hydrogen-bond donors (Lipinski definition) is 0. The lowest BCUT2D eigenvalue weighted by molar-refractivity contribution is -0.119. The summed E-state index contributed by atoms with van der Waals surface area (Å²) >= 11 is 0. The van der Waals surface area contributed by atoms with Crippen LogP contribution < -0.4 is 0 Å². The van der Waals surface area contributed by atoms with Crippen molar-refractivity contribution in [1.29, 1.82) is 0 Å². The molecule has 0 amide bonds. The van der Waals surface area contributed by atoms with E-state index in [1.54, 1.807) is 42.7 Å². The highest BCUT2D eigenvalue weighted by Gasteiger charge is 2.46.